The van der Waals surface area contributed by atoms with Crippen LogP contribution >= 0.6 is 0 Å². The van der Waals surface area contributed by atoms with Gasteiger partial charge in [-0.05, 0) is 36.2 Å². The normalized spacial score (nSPS) is 11.6. The highest BCUT2D eigenvalue weighted by molar-refractivity contribution is 7.90. The minimum absolute atomic E-state index is 0.00207. The van der Waals surface area contributed by atoms with Crippen molar-refractivity contribution >= 4 is 15.5 Å². The fourth-order valence-corrected chi connectivity index (χ4v) is 3.41. The molecule has 3 nitrogen and oxygen atoms in total. The number of anilines is 1. The molecule has 0 aliphatic heterocycles. The van der Waals surface area contributed by atoms with Crippen LogP contribution in [-0.4, -0.2) is 8.42 Å². The minimum atomic E-state index is -3.71. The van der Waals surface area contributed by atoms with Gasteiger partial charge in [0.1, 0.15) is 0 Å². The quantitative estimate of drug-likeness (QED) is 0.886. The summed E-state index contributed by atoms with van der Waals surface area (Å²) in [7, 11) is -3.71. The molecule has 2 aromatic carbocycles. The van der Waals surface area contributed by atoms with E-state index in [4.69, 9.17) is 5.73 Å². The van der Waals surface area contributed by atoms with Gasteiger partial charge >= 0.3 is 0 Å². The lowest BCUT2D eigenvalue weighted by Gasteiger charge is -2.09. The topological polar surface area (TPSA) is 60.2 Å². The highest BCUT2D eigenvalue weighted by Gasteiger charge is 2.19. The monoisotopic (exact) mass is 297 g/mol. The number of rotatable bonds is 3. The van der Waals surface area contributed by atoms with E-state index in [1.165, 1.54) is 12.1 Å². The summed E-state index contributed by atoms with van der Waals surface area (Å²) in [5.41, 5.74) is 6.76. The summed E-state index contributed by atoms with van der Waals surface area (Å²) in [6.45, 7) is 1.70. The van der Waals surface area contributed by atoms with Crippen molar-refractivity contribution in [2.24, 2.45) is 0 Å². The number of benzene rings is 2. The summed E-state index contributed by atoms with van der Waals surface area (Å²) >= 11 is 0. The van der Waals surface area contributed by atoms with Crippen LogP contribution in [0.4, 0.5) is 14.5 Å². The second kappa shape index (κ2) is 5.20. The first-order chi connectivity index (χ1) is 9.31. The van der Waals surface area contributed by atoms with E-state index in [-0.39, 0.29) is 16.1 Å². The molecule has 0 bridgehead atoms. The van der Waals surface area contributed by atoms with Gasteiger partial charge in [-0.3, -0.25) is 0 Å². The van der Waals surface area contributed by atoms with Crippen LogP contribution in [0.3, 0.4) is 0 Å². The summed E-state index contributed by atoms with van der Waals surface area (Å²) in [6, 6.07) is 7.70. The standard InChI is InChI=1S/C14H13F2NO2S/c1-9-3-2-4-13(14(9)17)20(18,19)8-10-5-6-11(15)12(16)7-10/h2-7H,8,17H2,1H3. The van der Waals surface area contributed by atoms with E-state index in [9.17, 15) is 17.2 Å². The van der Waals surface area contributed by atoms with Gasteiger partial charge in [0.2, 0.25) is 0 Å². The third-order valence-electron chi connectivity index (χ3n) is 2.96. The van der Waals surface area contributed by atoms with E-state index >= 15 is 0 Å². The number of sulfone groups is 1. The smallest absolute Gasteiger partial charge is 0.184 e. The zero-order valence-corrected chi connectivity index (χ0v) is 11.5. The molecule has 6 heteroatoms. The first-order valence-electron chi connectivity index (χ1n) is 5.83. The zero-order valence-electron chi connectivity index (χ0n) is 10.7. The molecule has 0 amide bonds. The Hall–Kier alpha value is -1.95. The Morgan fingerprint density at radius 3 is 2.45 bits per heavy atom. The molecule has 2 rings (SSSR count). The minimum Gasteiger partial charge on any atom is -0.397 e. The summed E-state index contributed by atoms with van der Waals surface area (Å²) in [5, 5.41) is 0. The number of hydrogen-bond acceptors (Lipinski definition) is 3. The van der Waals surface area contributed by atoms with E-state index in [2.05, 4.69) is 0 Å². The Morgan fingerprint density at radius 2 is 1.80 bits per heavy atom. The van der Waals surface area contributed by atoms with Crippen LogP contribution in [0.5, 0.6) is 0 Å². The van der Waals surface area contributed by atoms with Crippen molar-refractivity contribution in [2.75, 3.05) is 5.73 Å². The third-order valence-corrected chi connectivity index (χ3v) is 4.70. The molecule has 0 saturated heterocycles. The predicted octanol–water partition coefficient (Wildman–Crippen LogP) is 2.83. The van der Waals surface area contributed by atoms with Gasteiger partial charge in [-0.2, -0.15) is 0 Å². The average Bonchev–Trinajstić information content (AvgIpc) is 2.36. The Balaban J connectivity index is 2.41. The largest absolute Gasteiger partial charge is 0.397 e. The molecule has 0 heterocycles. The van der Waals surface area contributed by atoms with Crippen molar-refractivity contribution in [1.29, 1.82) is 0 Å². The Labute approximate surface area is 116 Å². The van der Waals surface area contributed by atoms with Crippen molar-refractivity contribution in [3.63, 3.8) is 0 Å². The second-order valence-corrected chi connectivity index (χ2v) is 6.45. The molecular weight excluding hydrogens is 284 g/mol. The van der Waals surface area contributed by atoms with Gasteiger partial charge in [-0.25, -0.2) is 17.2 Å². The average molecular weight is 297 g/mol. The highest BCUT2D eigenvalue weighted by atomic mass is 32.2. The number of nitrogen functional groups attached to an aromatic ring is 1. The fraction of sp³-hybridized carbons (Fsp3) is 0.143. The maximum atomic E-state index is 13.1. The van der Waals surface area contributed by atoms with E-state index in [0.717, 1.165) is 12.1 Å². The number of hydrogen-bond donors (Lipinski definition) is 1. The molecule has 0 aromatic heterocycles. The number of para-hydroxylation sites is 1. The predicted molar refractivity (Wildman–Crippen MR) is 72.8 cm³/mol. The fourth-order valence-electron chi connectivity index (χ4n) is 1.85. The first-order valence-corrected chi connectivity index (χ1v) is 7.48. The number of nitrogens with two attached hydrogens (primary N) is 1. The SMILES string of the molecule is Cc1cccc(S(=O)(=O)Cc2ccc(F)c(F)c2)c1N. The summed E-state index contributed by atoms with van der Waals surface area (Å²) in [5.74, 6) is -2.52. The molecule has 0 saturated carbocycles. The summed E-state index contributed by atoms with van der Waals surface area (Å²) in [4.78, 5) is 0.00207. The molecule has 0 aliphatic rings. The first kappa shape index (κ1) is 14.5. The third kappa shape index (κ3) is 2.80. The molecule has 0 unspecified atom stereocenters. The van der Waals surface area contributed by atoms with Crippen LogP contribution in [0.15, 0.2) is 41.3 Å². The van der Waals surface area contributed by atoms with Crippen LogP contribution in [0.25, 0.3) is 0 Å². The Kier molecular flexibility index (Phi) is 3.76. The maximum Gasteiger partial charge on any atom is 0.184 e. The van der Waals surface area contributed by atoms with Crippen molar-refractivity contribution in [1.82, 2.24) is 0 Å². The van der Waals surface area contributed by atoms with Crippen LogP contribution in [0.1, 0.15) is 11.1 Å². The number of aryl methyl sites for hydroxylation is 1. The van der Waals surface area contributed by atoms with Gasteiger partial charge in [-0.15, -0.1) is 0 Å². The van der Waals surface area contributed by atoms with Crippen molar-refractivity contribution in [3.05, 3.63) is 59.2 Å². The summed E-state index contributed by atoms with van der Waals surface area (Å²) < 4.78 is 50.5. The summed E-state index contributed by atoms with van der Waals surface area (Å²) in [6.07, 6.45) is 0. The van der Waals surface area contributed by atoms with E-state index in [1.807, 2.05) is 0 Å². The molecule has 106 valence electrons. The van der Waals surface area contributed by atoms with Gasteiger partial charge in [0.05, 0.1) is 16.3 Å². The molecule has 0 spiro atoms. The van der Waals surface area contributed by atoms with Gasteiger partial charge in [0, 0.05) is 0 Å². The van der Waals surface area contributed by atoms with Gasteiger partial charge in [0.25, 0.3) is 0 Å². The Bertz CT molecular complexity index is 758. The second-order valence-electron chi connectivity index (χ2n) is 4.49. The maximum absolute atomic E-state index is 13.1. The van der Waals surface area contributed by atoms with Crippen molar-refractivity contribution in [3.8, 4) is 0 Å². The highest BCUT2D eigenvalue weighted by Crippen LogP contribution is 2.25. The van der Waals surface area contributed by atoms with Crippen LogP contribution < -0.4 is 5.73 Å². The van der Waals surface area contributed by atoms with E-state index in [1.54, 1.807) is 19.1 Å². The zero-order chi connectivity index (χ0) is 14.9. The lowest BCUT2D eigenvalue weighted by atomic mass is 10.2. The molecule has 0 fully saturated rings. The molecular formula is C14H13F2NO2S. The molecule has 0 atom stereocenters. The molecule has 20 heavy (non-hydrogen) atoms. The van der Waals surface area contributed by atoms with Crippen LogP contribution in [0, 0.1) is 18.6 Å². The van der Waals surface area contributed by atoms with Crippen molar-refractivity contribution in [2.45, 2.75) is 17.6 Å². The van der Waals surface area contributed by atoms with Gasteiger partial charge in [0.15, 0.2) is 21.5 Å². The van der Waals surface area contributed by atoms with Crippen molar-refractivity contribution < 1.29 is 17.2 Å². The van der Waals surface area contributed by atoms with E-state index < -0.39 is 27.2 Å². The van der Waals surface area contributed by atoms with Gasteiger partial charge < -0.3 is 5.73 Å². The lowest BCUT2D eigenvalue weighted by Crippen LogP contribution is -2.09. The molecule has 2 N–H and O–H groups in total. The Morgan fingerprint density at radius 1 is 1.10 bits per heavy atom. The van der Waals surface area contributed by atoms with Crippen LogP contribution in [-0.2, 0) is 15.6 Å². The van der Waals surface area contributed by atoms with Crippen LogP contribution in [0.2, 0.25) is 0 Å². The van der Waals surface area contributed by atoms with Gasteiger partial charge in [-0.1, -0.05) is 18.2 Å². The number of halogens is 2. The molecule has 0 radical (unpaired) electrons. The molecule has 2 aromatic rings. The molecule has 0 aliphatic carbocycles. The van der Waals surface area contributed by atoms with E-state index in [0.29, 0.717) is 5.56 Å². The lowest BCUT2D eigenvalue weighted by molar-refractivity contribution is 0.507.